The largest absolute Gasteiger partial charge is 0.467 e. The van der Waals surface area contributed by atoms with Crippen molar-refractivity contribution in [3.05, 3.63) is 0 Å². The van der Waals surface area contributed by atoms with Gasteiger partial charge in [0.25, 0.3) is 0 Å². The second kappa shape index (κ2) is 7.05. The maximum absolute atomic E-state index is 12.1. The minimum absolute atomic E-state index is 0.0200. The van der Waals surface area contributed by atoms with Crippen LogP contribution in [0.2, 0.25) is 0 Å². The van der Waals surface area contributed by atoms with Crippen LogP contribution in [-0.4, -0.2) is 49.8 Å². The molecule has 0 aromatic carbocycles. The summed E-state index contributed by atoms with van der Waals surface area (Å²) in [6, 6.07) is -0.714. The van der Waals surface area contributed by atoms with Crippen molar-refractivity contribution >= 4 is 12.1 Å². The van der Waals surface area contributed by atoms with Crippen molar-refractivity contribution in [2.45, 2.75) is 63.9 Å². The van der Waals surface area contributed by atoms with Crippen LogP contribution in [0.15, 0.2) is 0 Å². The highest BCUT2D eigenvalue weighted by atomic mass is 16.7. The fourth-order valence-corrected chi connectivity index (χ4v) is 3.13. The first kappa shape index (κ1) is 18.0. The van der Waals surface area contributed by atoms with Gasteiger partial charge in [-0.25, -0.2) is 9.59 Å². The smallest absolute Gasteiger partial charge is 0.408 e. The average molecular weight is 329 g/mol. The predicted molar refractivity (Wildman–Crippen MR) is 81.8 cm³/mol. The number of hydrogen-bond donors (Lipinski definition) is 1. The van der Waals surface area contributed by atoms with E-state index in [0.717, 1.165) is 12.8 Å². The molecule has 1 heterocycles. The number of methoxy groups -OCH3 is 1. The number of esters is 1. The van der Waals surface area contributed by atoms with Crippen LogP contribution in [0.5, 0.6) is 0 Å². The average Bonchev–Trinajstić information content (AvgIpc) is 2.91. The third-order valence-corrected chi connectivity index (χ3v) is 4.20. The maximum Gasteiger partial charge on any atom is 0.408 e. The van der Waals surface area contributed by atoms with Gasteiger partial charge in [0, 0.05) is 12.8 Å². The predicted octanol–water partition coefficient (Wildman–Crippen LogP) is 1.99. The van der Waals surface area contributed by atoms with Crippen LogP contribution in [-0.2, 0) is 23.7 Å². The Labute approximate surface area is 137 Å². The fourth-order valence-electron chi connectivity index (χ4n) is 3.13. The van der Waals surface area contributed by atoms with Gasteiger partial charge >= 0.3 is 12.1 Å². The third-order valence-electron chi connectivity index (χ3n) is 4.20. The van der Waals surface area contributed by atoms with Gasteiger partial charge in [-0.15, -0.1) is 0 Å². The highest BCUT2D eigenvalue weighted by molar-refractivity contribution is 5.81. The zero-order valence-electron chi connectivity index (χ0n) is 14.3. The Kier molecular flexibility index (Phi) is 5.52. The van der Waals surface area contributed by atoms with Gasteiger partial charge in [-0.3, -0.25) is 0 Å². The van der Waals surface area contributed by atoms with Gasteiger partial charge in [0.2, 0.25) is 0 Å². The number of amides is 1. The molecule has 1 aliphatic carbocycles. The second-order valence-corrected chi connectivity index (χ2v) is 7.09. The number of ether oxygens (including phenoxy) is 4. The van der Waals surface area contributed by atoms with E-state index in [9.17, 15) is 9.59 Å². The molecular formula is C16H27NO6. The zero-order valence-corrected chi connectivity index (χ0v) is 14.3. The van der Waals surface area contributed by atoms with E-state index in [1.54, 1.807) is 20.8 Å². The van der Waals surface area contributed by atoms with Crippen molar-refractivity contribution in [3.63, 3.8) is 0 Å². The molecule has 0 bridgehead atoms. The van der Waals surface area contributed by atoms with Crippen LogP contribution in [0.25, 0.3) is 0 Å². The molecule has 23 heavy (non-hydrogen) atoms. The molecule has 7 heteroatoms. The fraction of sp³-hybridized carbons (Fsp3) is 0.875. The minimum Gasteiger partial charge on any atom is -0.467 e. The molecule has 1 saturated heterocycles. The molecule has 2 aliphatic rings. The summed E-state index contributed by atoms with van der Waals surface area (Å²) in [5.74, 6) is -0.971. The van der Waals surface area contributed by atoms with Crippen molar-refractivity contribution in [1.29, 1.82) is 0 Å². The minimum atomic E-state index is -0.714. The molecule has 1 N–H and O–H groups in total. The number of alkyl carbamates (subject to hydrolysis) is 1. The van der Waals surface area contributed by atoms with Gasteiger partial charge in [-0.2, -0.15) is 0 Å². The molecule has 1 saturated carbocycles. The van der Waals surface area contributed by atoms with Gasteiger partial charge in [0.1, 0.15) is 11.6 Å². The van der Waals surface area contributed by atoms with Gasteiger partial charge in [0.15, 0.2) is 5.79 Å². The van der Waals surface area contributed by atoms with Crippen molar-refractivity contribution in [3.8, 4) is 0 Å². The highest BCUT2D eigenvalue weighted by Gasteiger charge is 2.44. The Morgan fingerprint density at radius 1 is 1.17 bits per heavy atom. The molecule has 132 valence electrons. The van der Waals surface area contributed by atoms with E-state index in [0.29, 0.717) is 26.1 Å². The van der Waals surface area contributed by atoms with Gasteiger partial charge < -0.3 is 24.3 Å². The highest BCUT2D eigenvalue weighted by Crippen LogP contribution is 2.39. The van der Waals surface area contributed by atoms with Crippen LogP contribution in [0.1, 0.15) is 46.5 Å². The Morgan fingerprint density at radius 2 is 1.74 bits per heavy atom. The van der Waals surface area contributed by atoms with Gasteiger partial charge in [0.05, 0.1) is 20.3 Å². The Hall–Kier alpha value is -1.34. The van der Waals surface area contributed by atoms with Crippen LogP contribution >= 0.6 is 0 Å². The summed E-state index contributed by atoms with van der Waals surface area (Å²) in [5.41, 5.74) is -0.618. The van der Waals surface area contributed by atoms with Crippen LogP contribution < -0.4 is 5.32 Å². The summed E-state index contributed by atoms with van der Waals surface area (Å²) >= 11 is 0. The molecule has 0 radical (unpaired) electrons. The summed E-state index contributed by atoms with van der Waals surface area (Å²) in [5, 5.41) is 2.66. The first-order chi connectivity index (χ1) is 10.7. The molecule has 7 nitrogen and oxygen atoms in total. The Balaban J connectivity index is 1.96. The molecule has 1 amide bonds. The van der Waals surface area contributed by atoms with E-state index in [2.05, 4.69) is 5.32 Å². The number of nitrogens with one attached hydrogen (secondary N) is 1. The van der Waals surface area contributed by atoms with Crippen molar-refractivity contribution in [1.82, 2.24) is 5.32 Å². The van der Waals surface area contributed by atoms with Crippen LogP contribution in [0, 0.1) is 5.92 Å². The molecule has 2 rings (SSSR count). The first-order valence-corrected chi connectivity index (χ1v) is 8.10. The second-order valence-electron chi connectivity index (χ2n) is 7.09. The van der Waals surface area contributed by atoms with E-state index >= 15 is 0 Å². The van der Waals surface area contributed by atoms with E-state index in [-0.39, 0.29) is 5.92 Å². The van der Waals surface area contributed by atoms with Gasteiger partial charge in [-0.1, -0.05) is 0 Å². The monoisotopic (exact) mass is 329 g/mol. The van der Waals surface area contributed by atoms with Crippen molar-refractivity contribution < 1.29 is 28.5 Å². The van der Waals surface area contributed by atoms with E-state index < -0.39 is 29.5 Å². The molecular weight excluding hydrogens is 302 g/mol. The van der Waals surface area contributed by atoms with E-state index in [1.165, 1.54) is 7.11 Å². The van der Waals surface area contributed by atoms with Crippen LogP contribution in [0.3, 0.4) is 0 Å². The van der Waals surface area contributed by atoms with E-state index in [1.807, 2.05) is 0 Å². The summed E-state index contributed by atoms with van der Waals surface area (Å²) in [6.07, 6.45) is 2.24. The number of carbonyl (C=O) groups excluding carboxylic acids is 2. The van der Waals surface area contributed by atoms with Crippen molar-refractivity contribution in [2.75, 3.05) is 20.3 Å². The summed E-state index contributed by atoms with van der Waals surface area (Å²) < 4.78 is 21.5. The molecule has 2 fully saturated rings. The molecule has 0 unspecified atom stereocenters. The normalized spacial score (nSPS) is 22.6. The molecule has 1 aliphatic heterocycles. The summed E-state index contributed by atoms with van der Waals surface area (Å²) in [7, 11) is 1.32. The lowest BCUT2D eigenvalue weighted by Crippen LogP contribution is -2.50. The lowest BCUT2D eigenvalue weighted by molar-refractivity contribution is -0.185. The number of rotatable bonds is 3. The lowest BCUT2D eigenvalue weighted by Gasteiger charge is -2.37. The standard InChI is InChI=1S/C16H27NO6/c1-15(2,3)23-14(19)17-12(13(18)20-4)11-5-7-16(8-6-11)21-9-10-22-16/h11-12H,5-10H2,1-4H3,(H,17,19)/t12-/m1/s1. The SMILES string of the molecule is COC(=O)[C@H](NC(=O)OC(C)(C)C)C1CCC2(CC1)OCCO2. The number of hydrogen-bond acceptors (Lipinski definition) is 6. The Bertz CT molecular complexity index is 428. The Morgan fingerprint density at radius 3 is 2.22 bits per heavy atom. The zero-order chi connectivity index (χ0) is 17.1. The van der Waals surface area contributed by atoms with Gasteiger partial charge in [-0.05, 0) is 39.5 Å². The lowest BCUT2D eigenvalue weighted by atomic mass is 9.80. The van der Waals surface area contributed by atoms with Crippen molar-refractivity contribution in [2.24, 2.45) is 5.92 Å². The first-order valence-electron chi connectivity index (χ1n) is 8.10. The summed E-state index contributed by atoms with van der Waals surface area (Å²) in [6.45, 7) is 6.55. The third kappa shape index (κ3) is 4.81. The quantitative estimate of drug-likeness (QED) is 0.797. The molecule has 1 atom stereocenters. The number of carbonyl (C=O) groups is 2. The maximum atomic E-state index is 12.1. The van der Waals surface area contributed by atoms with Crippen LogP contribution in [0.4, 0.5) is 4.79 Å². The van der Waals surface area contributed by atoms with E-state index in [4.69, 9.17) is 18.9 Å². The topological polar surface area (TPSA) is 83.1 Å². The summed E-state index contributed by atoms with van der Waals surface area (Å²) in [4.78, 5) is 24.1. The molecule has 0 aromatic rings. The molecule has 1 spiro atoms. The molecule has 0 aromatic heterocycles.